The Morgan fingerprint density at radius 3 is 2.78 bits per heavy atom. The van der Waals surface area contributed by atoms with E-state index in [1.807, 2.05) is 6.07 Å². The molecule has 0 aromatic heterocycles. The third-order valence-electron chi connectivity index (χ3n) is 6.41. The van der Waals surface area contributed by atoms with Gasteiger partial charge in [0.25, 0.3) is 0 Å². The van der Waals surface area contributed by atoms with E-state index in [2.05, 4.69) is 45.7 Å². The van der Waals surface area contributed by atoms with Gasteiger partial charge in [-0.05, 0) is 42.2 Å². The van der Waals surface area contributed by atoms with Gasteiger partial charge in [-0.25, -0.2) is 4.79 Å². The van der Waals surface area contributed by atoms with Gasteiger partial charge in [-0.15, -0.1) is 0 Å². The highest BCUT2D eigenvalue weighted by molar-refractivity contribution is 5.89. The van der Waals surface area contributed by atoms with E-state index in [4.69, 9.17) is 14.2 Å². The smallest absolute Gasteiger partial charge is 0.319 e. The molecule has 2 N–H and O–H groups in total. The quantitative estimate of drug-likeness (QED) is 0.748. The van der Waals surface area contributed by atoms with Crippen LogP contribution in [0.1, 0.15) is 23.6 Å². The Kier molecular flexibility index (Phi) is 6.05. The van der Waals surface area contributed by atoms with Crippen LogP contribution in [0.15, 0.2) is 36.4 Å². The molecule has 8 nitrogen and oxygen atoms in total. The molecule has 170 valence electrons. The van der Waals surface area contributed by atoms with Gasteiger partial charge in [0.1, 0.15) is 0 Å². The number of hydrogen-bond acceptors (Lipinski definition) is 6. The zero-order chi connectivity index (χ0) is 21.9. The standard InChI is InChI=1S/C24H30N4O4/c1-27-8-2-3-17-13-18(4-6-20(17)27)21(28-9-11-30-12-10-28)15-25-24(29)26-19-5-7-22-23(14-19)32-16-31-22/h4-7,13-14,21H,2-3,8-12,15-16H2,1H3,(H2,25,26,29)/t21-/m1/s1. The van der Waals surface area contributed by atoms with Gasteiger partial charge in [-0.2, -0.15) is 0 Å². The van der Waals surface area contributed by atoms with Crippen molar-refractivity contribution in [2.45, 2.75) is 18.9 Å². The molecule has 0 spiro atoms. The molecule has 1 fully saturated rings. The van der Waals surface area contributed by atoms with Crippen LogP contribution in [-0.2, 0) is 11.2 Å². The van der Waals surface area contributed by atoms with Crippen LogP contribution < -0.4 is 25.0 Å². The highest BCUT2D eigenvalue weighted by Crippen LogP contribution is 2.34. The summed E-state index contributed by atoms with van der Waals surface area (Å²) in [4.78, 5) is 17.4. The molecule has 2 amide bonds. The number of morpholine rings is 1. The van der Waals surface area contributed by atoms with E-state index in [-0.39, 0.29) is 18.9 Å². The van der Waals surface area contributed by atoms with Gasteiger partial charge in [0.15, 0.2) is 11.5 Å². The molecule has 0 aliphatic carbocycles. The van der Waals surface area contributed by atoms with E-state index in [9.17, 15) is 4.79 Å². The molecular formula is C24H30N4O4. The lowest BCUT2D eigenvalue weighted by Gasteiger charge is -2.36. The van der Waals surface area contributed by atoms with Gasteiger partial charge in [-0.3, -0.25) is 4.90 Å². The number of carbonyl (C=O) groups is 1. The third-order valence-corrected chi connectivity index (χ3v) is 6.41. The molecule has 0 bridgehead atoms. The average molecular weight is 439 g/mol. The lowest BCUT2D eigenvalue weighted by atomic mass is 9.95. The molecule has 0 radical (unpaired) electrons. The fraction of sp³-hybridized carbons (Fsp3) is 0.458. The number of fused-ring (bicyclic) bond motifs is 2. The number of aryl methyl sites for hydroxylation is 1. The molecule has 2 aromatic rings. The molecule has 5 rings (SSSR count). The first-order valence-electron chi connectivity index (χ1n) is 11.3. The minimum absolute atomic E-state index is 0.0962. The number of ether oxygens (including phenoxy) is 3. The van der Waals surface area contributed by atoms with Crippen LogP contribution in [0.3, 0.4) is 0 Å². The number of benzene rings is 2. The number of urea groups is 1. The second-order valence-electron chi connectivity index (χ2n) is 8.48. The molecule has 0 saturated carbocycles. The van der Waals surface area contributed by atoms with E-state index in [1.165, 1.54) is 23.2 Å². The van der Waals surface area contributed by atoms with Gasteiger partial charge in [0, 0.05) is 50.7 Å². The number of carbonyl (C=O) groups excluding carboxylic acids is 1. The van der Waals surface area contributed by atoms with Crippen molar-refractivity contribution < 1.29 is 19.0 Å². The van der Waals surface area contributed by atoms with Crippen LogP contribution in [0.2, 0.25) is 0 Å². The lowest BCUT2D eigenvalue weighted by molar-refractivity contribution is 0.0167. The zero-order valence-corrected chi connectivity index (χ0v) is 18.4. The molecule has 3 aliphatic rings. The summed E-state index contributed by atoms with van der Waals surface area (Å²) in [6, 6.07) is 12.0. The van der Waals surface area contributed by atoms with Gasteiger partial charge < -0.3 is 29.7 Å². The summed E-state index contributed by atoms with van der Waals surface area (Å²) < 4.78 is 16.3. The highest BCUT2D eigenvalue weighted by atomic mass is 16.7. The zero-order valence-electron chi connectivity index (χ0n) is 18.4. The van der Waals surface area contributed by atoms with Crippen molar-refractivity contribution in [2.75, 3.05) is 63.5 Å². The van der Waals surface area contributed by atoms with Crippen LogP contribution in [0.4, 0.5) is 16.2 Å². The predicted octanol–water partition coefficient (Wildman–Crippen LogP) is 2.99. The van der Waals surface area contributed by atoms with Crippen LogP contribution in [0.25, 0.3) is 0 Å². The molecule has 8 heteroatoms. The first-order valence-corrected chi connectivity index (χ1v) is 11.3. The summed E-state index contributed by atoms with van der Waals surface area (Å²) in [6.07, 6.45) is 2.27. The Labute approximate surface area is 188 Å². The van der Waals surface area contributed by atoms with Crippen molar-refractivity contribution in [3.8, 4) is 11.5 Å². The maximum Gasteiger partial charge on any atom is 0.319 e. The summed E-state index contributed by atoms with van der Waals surface area (Å²) in [5.41, 5.74) is 4.62. The van der Waals surface area contributed by atoms with Crippen molar-refractivity contribution in [1.29, 1.82) is 0 Å². The Balaban J connectivity index is 1.29. The summed E-state index contributed by atoms with van der Waals surface area (Å²) in [7, 11) is 2.15. The molecule has 0 unspecified atom stereocenters. The van der Waals surface area contributed by atoms with Crippen LogP contribution in [0, 0.1) is 0 Å². The second kappa shape index (κ2) is 9.26. The number of hydrogen-bond donors (Lipinski definition) is 2. The first-order chi connectivity index (χ1) is 15.7. The molecule has 32 heavy (non-hydrogen) atoms. The maximum absolute atomic E-state index is 12.7. The Morgan fingerprint density at radius 2 is 1.91 bits per heavy atom. The Morgan fingerprint density at radius 1 is 1.06 bits per heavy atom. The van der Waals surface area contributed by atoms with Gasteiger partial charge in [0.05, 0.1) is 19.3 Å². The summed E-state index contributed by atoms with van der Waals surface area (Å²) >= 11 is 0. The number of anilines is 2. The van der Waals surface area contributed by atoms with Gasteiger partial charge in [-0.1, -0.05) is 12.1 Å². The first kappa shape index (κ1) is 20.9. The van der Waals surface area contributed by atoms with E-state index < -0.39 is 0 Å². The van der Waals surface area contributed by atoms with Crippen molar-refractivity contribution in [2.24, 2.45) is 0 Å². The topological polar surface area (TPSA) is 75.3 Å². The van der Waals surface area contributed by atoms with E-state index in [1.54, 1.807) is 12.1 Å². The van der Waals surface area contributed by atoms with Crippen molar-refractivity contribution >= 4 is 17.4 Å². The minimum atomic E-state index is -0.236. The number of nitrogens with one attached hydrogen (secondary N) is 2. The SMILES string of the molecule is CN1CCCc2cc([C@@H](CNC(=O)Nc3ccc4c(c3)OCO4)N3CCOCC3)ccc21. The predicted molar refractivity (Wildman–Crippen MR) is 123 cm³/mol. The molecule has 3 heterocycles. The Bertz CT molecular complexity index is 976. The fourth-order valence-electron chi connectivity index (χ4n) is 4.70. The normalized spacial score (nSPS) is 18.7. The second-order valence-corrected chi connectivity index (χ2v) is 8.48. The summed E-state index contributed by atoms with van der Waals surface area (Å²) in [5, 5.41) is 5.97. The largest absolute Gasteiger partial charge is 0.454 e. The number of rotatable bonds is 5. The van der Waals surface area contributed by atoms with Crippen molar-refractivity contribution in [1.82, 2.24) is 10.2 Å². The number of nitrogens with zero attached hydrogens (tertiary/aromatic N) is 2. The molecule has 2 aromatic carbocycles. The Hall–Kier alpha value is -2.97. The summed E-state index contributed by atoms with van der Waals surface area (Å²) in [5.74, 6) is 1.34. The van der Waals surface area contributed by atoms with Crippen LogP contribution in [-0.4, -0.2) is 64.2 Å². The lowest BCUT2D eigenvalue weighted by Crippen LogP contribution is -2.44. The summed E-state index contributed by atoms with van der Waals surface area (Å²) in [6.45, 7) is 4.97. The van der Waals surface area contributed by atoms with Crippen molar-refractivity contribution in [3.63, 3.8) is 0 Å². The van der Waals surface area contributed by atoms with E-state index in [0.717, 1.165) is 26.1 Å². The fourth-order valence-corrected chi connectivity index (χ4v) is 4.70. The van der Waals surface area contributed by atoms with Crippen LogP contribution >= 0.6 is 0 Å². The maximum atomic E-state index is 12.7. The monoisotopic (exact) mass is 438 g/mol. The highest BCUT2D eigenvalue weighted by Gasteiger charge is 2.25. The van der Waals surface area contributed by atoms with E-state index >= 15 is 0 Å². The average Bonchev–Trinajstić information content (AvgIpc) is 3.28. The molecule has 3 aliphatic heterocycles. The number of amides is 2. The van der Waals surface area contributed by atoms with Gasteiger partial charge >= 0.3 is 6.03 Å². The minimum Gasteiger partial charge on any atom is -0.454 e. The van der Waals surface area contributed by atoms with Crippen molar-refractivity contribution in [3.05, 3.63) is 47.5 Å². The molecule has 1 saturated heterocycles. The van der Waals surface area contributed by atoms with Gasteiger partial charge in [0.2, 0.25) is 6.79 Å². The third kappa shape index (κ3) is 4.47. The molecular weight excluding hydrogens is 408 g/mol. The van der Waals surface area contributed by atoms with E-state index in [0.29, 0.717) is 36.9 Å². The van der Waals surface area contributed by atoms with Crippen LogP contribution in [0.5, 0.6) is 11.5 Å². The molecule has 1 atom stereocenters.